The smallest absolute Gasteiger partial charge is 0.154 e. The zero-order valence-corrected chi connectivity index (χ0v) is 10.1. The highest BCUT2D eigenvalue weighted by Crippen LogP contribution is 2.20. The Morgan fingerprint density at radius 3 is 2.75 bits per heavy atom. The van der Waals surface area contributed by atoms with Gasteiger partial charge in [-0.2, -0.15) is 0 Å². The number of hydrazone groups is 1. The number of benzene rings is 1. The van der Waals surface area contributed by atoms with Crippen LogP contribution >= 0.6 is 11.9 Å². The van der Waals surface area contributed by atoms with Crippen LogP contribution in [0.5, 0.6) is 0 Å². The molecule has 1 rings (SSSR count). The molecule has 1 aromatic rings. The Kier molecular flexibility index (Phi) is 4.41. The van der Waals surface area contributed by atoms with Gasteiger partial charge in [0.1, 0.15) is 0 Å². The summed E-state index contributed by atoms with van der Waals surface area (Å²) in [7, 11) is 3.43. The number of anilines is 1. The molecular formula is C9H16N6S. The van der Waals surface area contributed by atoms with Crippen LogP contribution in [0.3, 0.4) is 0 Å². The summed E-state index contributed by atoms with van der Waals surface area (Å²) in [6, 6.07) is 5.55. The van der Waals surface area contributed by atoms with E-state index in [4.69, 9.17) is 17.3 Å². The van der Waals surface area contributed by atoms with Crippen LogP contribution in [0.2, 0.25) is 0 Å². The lowest BCUT2D eigenvalue weighted by Crippen LogP contribution is -2.26. The molecule has 16 heavy (non-hydrogen) atoms. The molecule has 0 spiro atoms. The molecule has 0 bridgehead atoms. The molecule has 0 unspecified atom stereocenters. The van der Waals surface area contributed by atoms with Gasteiger partial charge in [-0.05, 0) is 37.2 Å². The van der Waals surface area contributed by atoms with E-state index in [0.29, 0.717) is 17.1 Å². The lowest BCUT2D eigenvalue weighted by Gasteiger charge is -2.10. The predicted octanol–water partition coefficient (Wildman–Crippen LogP) is -0.0789. The maximum absolute atomic E-state index is 5.81. The van der Waals surface area contributed by atoms with Gasteiger partial charge in [-0.1, -0.05) is 0 Å². The minimum absolute atomic E-state index is 0.293. The van der Waals surface area contributed by atoms with Crippen LogP contribution in [0, 0.1) is 0 Å². The van der Waals surface area contributed by atoms with Gasteiger partial charge >= 0.3 is 0 Å². The summed E-state index contributed by atoms with van der Waals surface area (Å²) in [5.74, 6) is 5.68. The van der Waals surface area contributed by atoms with Crippen LogP contribution in [-0.4, -0.2) is 25.0 Å². The van der Waals surface area contributed by atoms with Crippen molar-refractivity contribution in [2.24, 2.45) is 16.7 Å². The van der Waals surface area contributed by atoms with Crippen molar-refractivity contribution in [3.63, 3.8) is 0 Å². The average Bonchev–Trinajstić information content (AvgIpc) is 2.20. The summed E-state index contributed by atoms with van der Waals surface area (Å²) in [4.78, 5) is 1.00. The molecule has 0 amide bonds. The topological polar surface area (TPSA) is 106 Å². The van der Waals surface area contributed by atoms with E-state index in [9.17, 15) is 0 Å². The zero-order chi connectivity index (χ0) is 12.1. The maximum Gasteiger partial charge on any atom is 0.154 e. The van der Waals surface area contributed by atoms with Gasteiger partial charge in [-0.3, -0.25) is 4.72 Å². The van der Waals surface area contributed by atoms with Gasteiger partial charge in [0.25, 0.3) is 0 Å². The minimum atomic E-state index is 0.293. The molecule has 0 heterocycles. The van der Waals surface area contributed by atoms with Gasteiger partial charge in [0.15, 0.2) is 5.84 Å². The summed E-state index contributed by atoms with van der Waals surface area (Å²) < 4.78 is 2.97. The molecule has 6 nitrogen and oxygen atoms in total. The minimum Gasteiger partial charge on any atom is -0.398 e. The Morgan fingerprint density at radius 1 is 1.50 bits per heavy atom. The molecule has 0 aliphatic carbocycles. The highest BCUT2D eigenvalue weighted by atomic mass is 32.2. The van der Waals surface area contributed by atoms with Crippen molar-refractivity contribution in [3.8, 4) is 0 Å². The molecule has 1 aromatic carbocycles. The number of nitrogen functional groups attached to an aromatic ring is 1. The molecule has 0 saturated carbocycles. The quantitative estimate of drug-likeness (QED) is 0.146. The first-order valence-corrected chi connectivity index (χ1v) is 5.42. The first kappa shape index (κ1) is 12.6. The van der Waals surface area contributed by atoms with E-state index < -0.39 is 0 Å². The molecule has 0 radical (unpaired) electrons. The third kappa shape index (κ3) is 3.30. The number of hydrogen-bond donors (Lipinski definition) is 4. The van der Waals surface area contributed by atoms with Crippen LogP contribution in [-0.2, 0) is 0 Å². The van der Waals surface area contributed by atoms with Gasteiger partial charge in [-0.15, -0.1) is 5.10 Å². The Morgan fingerprint density at radius 2 is 2.19 bits per heavy atom. The Labute approximate surface area is 98.9 Å². The van der Waals surface area contributed by atoms with Crippen molar-refractivity contribution in [3.05, 3.63) is 23.8 Å². The second-order valence-corrected chi connectivity index (χ2v) is 4.20. The van der Waals surface area contributed by atoms with Gasteiger partial charge in [0.05, 0.1) is 0 Å². The normalized spacial score (nSPS) is 11.6. The first-order chi connectivity index (χ1) is 7.54. The van der Waals surface area contributed by atoms with Gasteiger partial charge in [-0.25, -0.2) is 11.0 Å². The summed E-state index contributed by atoms with van der Waals surface area (Å²) in [5, 5.41) is 5.05. The van der Waals surface area contributed by atoms with Crippen molar-refractivity contribution in [2.45, 2.75) is 4.90 Å². The fourth-order valence-corrected chi connectivity index (χ4v) is 1.71. The monoisotopic (exact) mass is 240 g/mol. The van der Waals surface area contributed by atoms with Gasteiger partial charge in [0.2, 0.25) is 0 Å². The number of nitrogens with one attached hydrogen (secondary N) is 1. The van der Waals surface area contributed by atoms with Crippen LogP contribution in [0.25, 0.3) is 0 Å². The summed E-state index contributed by atoms with van der Waals surface area (Å²) in [6.45, 7) is 0. The second-order valence-electron chi connectivity index (χ2n) is 3.11. The van der Waals surface area contributed by atoms with E-state index in [0.717, 1.165) is 10.0 Å². The second kappa shape index (κ2) is 5.59. The highest BCUT2D eigenvalue weighted by molar-refractivity contribution is 7.97. The summed E-state index contributed by atoms with van der Waals surface area (Å²) in [6.07, 6.45) is 0. The Bertz CT molecular complexity index is 390. The number of nitrogens with two attached hydrogens (primary N) is 3. The lowest BCUT2D eigenvalue weighted by atomic mass is 10.1. The van der Waals surface area contributed by atoms with E-state index in [2.05, 4.69) is 9.82 Å². The molecule has 0 atom stereocenters. The average molecular weight is 240 g/mol. The highest BCUT2D eigenvalue weighted by Gasteiger charge is 2.06. The van der Waals surface area contributed by atoms with Crippen molar-refractivity contribution >= 4 is 23.5 Å². The molecular weight excluding hydrogens is 224 g/mol. The number of nitrogens with zero attached hydrogens (tertiary/aromatic N) is 2. The SMILES string of the molecule is CNSc1ccc(N)c(/C(N)=N/N(C)N)c1. The van der Waals surface area contributed by atoms with E-state index in [1.807, 2.05) is 19.2 Å². The number of amidine groups is 1. The maximum atomic E-state index is 5.81. The number of hydrazine groups is 1. The summed E-state index contributed by atoms with van der Waals surface area (Å²) >= 11 is 1.47. The molecule has 88 valence electrons. The van der Waals surface area contributed by atoms with Crippen molar-refractivity contribution < 1.29 is 0 Å². The third-order valence-electron chi connectivity index (χ3n) is 1.79. The Balaban J connectivity index is 3.06. The van der Waals surface area contributed by atoms with Crippen molar-refractivity contribution in [1.82, 2.24) is 9.84 Å². The molecule has 0 aromatic heterocycles. The van der Waals surface area contributed by atoms with Crippen LogP contribution in [0.1, 0.15) is 5.56 Å². The fraction of sp³-hybridized carbons (Fsp3) is 0.222. The first-order valence-electron chi connectivity index (χ1n) is 4.60. The van der Waals surface area contributed by atoms with Gasteiger partial charge in [0, 0.05) is 23.2 Å². The molecule has 7 heteroatoms. The molecule has 0 fully saturated rings. The van der Waals surface area contributed by atoms with Crippen molar-refractivity contribution in [2.75, 3.05) is 19.8 Å². The Hall–Kier alpha value is -1.44. The molecule has 0 aliphatic heterocycles. The molecule has 7 N–H and O–H groups in total. The third-order valence-corrected chi connectivity index (χ3v) is 2.48. The van der Waals surface area contributed by atoms with Crippen LogP contribution < -0.4 is 22.0 Å². The molecule has 0 aliphatic rings. The van der Waals surface area contributed by atoms with E-state index in [1.165, 1.54) is 11.9 Å². The van der Waals surface area contributed by atoms with Gasteiger partial charge < -0.3 is 11.5 Å². The van der Waals surface area contributed by atoms with E-state index in [1.54, 1.807) is 13.1 Å². The van der Waals surface area contributed by atoms with Crippen molar-refractivity contribution in [1.29, 1.82) is 0 Å². The van der Waals surface area contributed by atoms with E-state index >= 15 is 0 Å². The lowest BCUT2D eigenvalue weighted by molar-refractivity contribution is 0.371. The van der Waals surface area contributed by atoms with E-state index in [-0.39, 0.29) is 0 Å². The fourth-order valence-electron chi connectivity index (χ4n) is 1.16. The number of rotatable bonds is 4. The van der Waals surface area contributed by atoms with Crippen LogP contribution in [0.15, 0.2) is 28.2 Å². The zero-order valence-electron chi connectivity index (χ0n) is 9.27. The molecule has 0 saturated heterocycles. The largest absolute Gasteiger partial charge is 0.398 e. The van der Waals surface area contributed by atoms with Crippen LogP contribution in [0.4, 0.5) is 5.69 Å². The summed E-state index contributed by atoms with van der Waals surface area (Å²) in [5.41, 5.74) is 12.8. The number of hydrogen-bond acceptors (Lipinski definition) is 6. The predicted molar refractivity (Wildman–Crippen MR) is 68.4 cm³/mol. The standard InChI is InChI=1S/C9H16N6S/c1-13-16-6-3-4-8(10)7(5-6)9(11)14-15(2)12/h3-5,13H,10,12H2,1-2H3,(H2,11,14).